The van der Waals surface area contributed by atoms with Crippen LogP contribution in [0.4, 0.5) is 0 Å². The van der Waals surface area contributed by atoms with Crippen LogP contribution in [0.3, 0.4) is 0 Å². The second-order valence-electron chi connectivity index (χ2n) is 4.07. The lowest BCUT2D eigenvalue weighted by Crippen LogP contribution is -2.47. The van der Waals surface area contributed by atoms with Crippen molar-refractivity contribution < 1.29 is 9.90 Å². The lowest BCUT2D eigenvalue weighted by atomic mass is 9.76. The Morgan fingerprint density at radius 2 is 2.31 bits per heavy atom. The van der Waals surface area contributed by atoms with Crippen LogP contribution >= 0.6 is 12.6 Å². The predicted molar refractivity (Wildman–Crippen MR) is 55.9 cm³/mol. The molecule has 0 amide bonds. The number of carbonyl (C=O) groups excluding carboxylic acids is 1. The first-order chi connectivity index (χ1) is 5.85. The zero-order valence-corrected chi connectivity index (χ0v) is 8.97. The molecule has 0 heterocycles. The largest absolute Gasteiger partial charge is 0.391 e. The van der Waals surface area contributed by atoms with Gasteiger partial charge in [-0.2, -0.15) is 12.6 Å². The first-order valence-electron chi connectivity index (χ1n) is 4.45. The number of aliphatic hydroxyl groups excluding tert-OH is 1. The second-order valence-corrected chi connectivity index (χ2v) is 5.00. The number of Topliss-reactive ketones (excluding diaryl/α,β-unsaturated/α-hetero) is 1. The molecule has 1 rings (SSSR count). The van der Waals surface area contributed by atoms with Crippen LogP contribution in [0.25, 0.3) is 0 Å². The van der Waals surface area contributed by atoms with Crippen molar-refractivity contribution in [2.45, 2.75) is 37.5 Å². The maximum Gasteiger partial charge on any atom is 0.151 e. The Labute approximate surface area is 84.4 Å². The van der Waals surface area contributed by atoms with Gasteiger partial charge in [0, 0.05) is 6.42 Å². The molecule has 1 saturated carbocycles. The lowest BCUT2D eigenvalue weighted by Gasteiger charge is -2.37. The van der Waals surface area contributed by atoms with Gasteiger partial charge in [-0.15, -0.1) is 0 Å². The highest BCUT2D eigenvalue weighted by Crippen LogP contribution is 2.36. The van der Waals surface area contributed by atoms with Crippen molar-refractivity contribution in [2.24, 2.45) is 5.92 Å². The average molecular weight is 200 g/mol. The van der Waals surface area contributed by atoms with Crippen LogP contribution in [-0.4, -0.2) is 21.7 Å². The molecule has 0 aromatic rings. The number of aliphatic hydroxyl groups is 1. The monoisotopic (exact) mass is 200 g/mol. The van der Waals surface area contributed by atoms with Gasteiger partial charge in [0.2, 0.25) is 0 Å². The van der Waals surface area contributed by atoms with Crippen molar-refractivity contribution in [3.05, 3.63) is 12.2 Å². The molecule has 0 radical (unpaired) electrons. The minimum Gasteiger partial charge on any atom is -0.391 e. The van der Waals surface area contributed by atoms with Gasteiger partial charge in [-0.3, -0.25) is 4.79 Å². The van der Waals surface area contributed by atoms with Crippen LogP contribution in [-0.2, 0) is 4.79 Å². The van der Waals surface area contributed by atoms with E-state index in [1.165, 1.54) is 0 Å². The van der Waals surface area contributed by atoms with Crippen molar-refractivity contribution in [1.29, 1.82) is 0 Å². The summed E-state index contributed by atoms with van der Waals surface area (Å²) in [4.78, 5) is 11.6. The number of allylic oxidation sites excluding steroid dienone is 1. The van der Waals surface area contributed by atoms with Crippen LogP contribution in [0.15, 0.2) is 12.2 Å². The summed E-state index contributed by atoms with van der Waals surface area (Å²) in [7, 11) is 0. The van der Waals surface area contributed by atoms with Crippen LogP contribution < -0.4 is 0 Å². The van der Waals surface area contributed by atoms with E-state index in [2.05, 4.69) is 19.2 Å². The summed E-state index contributed by atoms with van der Waals surface area (Å²) in [5, 5.41) is 9.69. The normalized spacial score (nSPS) is 40.5. The van der Waals surface area contributed by atoms with Gasteiger partial charge in [0.1, 0.15) is 0 Å². The van der Waals surface area contributed by atoms with Crippen molar-refractivity contribution in [3.63, 3.8) is 0 Å². The summed E-state index contributed by atoms with van der Waals surface area (Å²) in [6, 6.07) is 0. The SMILES string of the molecule is C=C(C)[C@H]1CC(=O)[C@@](C)(S)[C@H](O)C1. The predicted octanol–water partition coefficient (Wildman–Crippen LogP) is 1.59. The molecule has 13 heavy (non-hydrogen) atoms. The zero-order chi connectivity index (χ0) is 10.2. The Balaban J connectivity index is 2.79. The van der Waals surface area contributed by atoms with E-state index in [0.717, 1.165) is 5.57 Å². The summed E-state index contributed by atoms with van der Waals surface area (Å²) < 4.78 is -0.869. The van der Waals surface area contributed by atoms with Crippen molar-refractivity contribution in [3.8, 4) is 0 Å². The Kier molecular flexibility index (Phi) is 2.88. The summed E-state index contributed by atoms with van der Waals surface area (Å²) in [5.41, 5.74) is 0.969. The molecule has 0 aromatic heterocycles. The number of ketones is 1. The molecule has 1 aliphatic carbocycles. The Bertz CT molecular complexity index is 245. The van der Waals surface area contributed by atoms with Gasteiger partial charge < -0.3 is 5.11 Å². The molecule has 1 fully saturated rings. The number of rotatable bonds is 1. The number of hydrogen-bond acceptors (Lipinski definition) is 3. The molecule has 0 saturated heterocycles. The molecule has 74 valence electrons. The molecule has 0 unspecified atom stereocenters. The molecule has 0 aromatic carbocycles. The van der Waals surface area contributed by atoms with Crippen molar-refractivity contribution in [1.82, 2.24) is 0 Å². The summed E-state index contributed by atoms with van der Waals surface area (Å²) in [5.74, 6) is 0.144. The fraction of sp³-hybridized carbons (Fsp3) is 0.700. The first kappa shape index (κ1) is 10.8. The second kappa shape index (κ2) is 3.46. The molecule has 3 atom stereocenters. The van der Waals surface area contributed by atoms with Crippen molar-refractivity contribution in [2.75, 3.05) is 0 Å². The molecular weight excluding hydrogens is 184 g/mol. The molecule has 2 nitrogen and oxygen atoms in total. The van der Waals surface area contributed by atoms with E-state index >= 15 is 0 Å². The van der Waals surface area contributed by atoms with Crippen LogP contribution in [0.5, 0.6) is 0 Å². The van der Waals surface area contributed by atoms with Gasteiger partial charge in [-0.25, -0.2) is 0 Å². The molecule has 1 aliphatic rings. The highest BCUT2D eigenvalue weighted by atomic mass is 32.1. The van der Waals surface area contributed by atoms with E-state index in [9.17, 15) is 9.90 Å². The molecule has 3 heteroatoms. The fourth-order valence-electron chi connectivity index (χ4n) is 1.57. The molecular formula is C10H16O2S. The van der Waals surface area contributed by atoms with Gasteiger partial charge in [0.15, 0.2) is 5.78 Å². The van der Waals surface area contributed by atoms with E-state index in [-0.39, 0.29) is 11.7 Å². The third kappa shape index (κ3) is 1.97. The summed E-state index contributed by atoms with van der Waals surface area (Å²) in [6.45, 7) is 7.38. The highest BCUT2D eigenvalue weighted by Gasteiger charge is 2.43. The molecule has 0 aliphatic heterocycles. The minimum atomic E-state index is -0.869. The molecule has 1 N–H and O–H groups in total. The first-order valence-corrected chi connectivity index (χ1v) is 4.89. The quantitative estimate of drug-likeness (QED) is 0.498. The smallest absolute Gasteiger partial charge is 0.151 e. The third-order valence-corrected chi connectivity index (χ3v) is 3.40. The highest BCUT2D eigenvalue weighted by molar-refractivity contribution is 7.82. The standard InChI is InChI=1S/C10H16O2S/c1-6(2)7-4-8(11)10(3,13)9(12)5-7/h7-8,11,13H,1,4-5H2,2-3H3/t7-,8-,10+/m1/s1. The molecule has 0 bridgehead atoms. The number of hydrogen-bond donors (Lipinski definition) is 2. The third-order valence-electron chi connectivity index (χ3n) is 2.85. The molecule has 0 spiro atoms. The van der Waals surface area contributed by atoms with Crippen LogP contribution in [0.2, 0.25) is 0 Å². The van der Waals surface area contributed by atoms with Gasteiger partial charge in [-0.05, 0) is 26.2 Å². The maximum atomic E-state index is 11.6. The Morgan fingerprint density at radius 1 is 1.77 bits per heavy atom. The Hall–Kier alpha value is -0.280. The van der Waals surface area contributed by atoms with E-state index in [0.29, 0.717) is 12.8 Å². The lowest BCUT2D eigenvalue weighted by molar-refractivity contribution is -0.127. The number of carbonyl (C=O) groups is 1. The maximum absolute atomic E-state index is 11.6. The minimum absolute atomic E-state index is 0.0163. The topological polar surface area (TPSA) is 37.3 Å². The zero-order valence-electron chi connectivity index (χ0n) is 8.08. The van der Waals surface area contributed by atoms with E-state index in [4.69, 9.17) is 0 Å². The van der Waals surface area contributed by atoms with Gasteiger partial charge in [-0.1, -0.05) is 12.2 Å². The van der Waals surface area contributed by atoms with Crippen LogP contribution in [0, 0.1) is 5.92 Å². The summed E-state index contributed by atoms with van der Waals surface area (Å²) in [6.07, 6.45) is 0.409. The summed E-state index contributed by atoms with van der Waals surface area (Å²) >= 11 is 4.19. The van der Waals surface area contributed by atoms with Gasteiger partial charge in [0.05, 0.1) is 10.9 Å². The van der Waals surface area contributed by atoms with Gasteiger partial charge >= 0.3 is 0 Å². The fourth-order valence-corrected chi connectivity index (χ4v) is 1.77. The van der Waals surface area contributed by atoms with Crippen LogP contribution in [0.1, 0.15) is 26.7 Å². The Morgan fingerprint density at radius 3 is 2.69 bits per heavy atom. The van der Waals surface area contributed by atoms with Gasteiger partial charge in [0.25, 0.3) is 0 Å². The van der Waals surface area contributed by atoms with E-state index in [1.54, 1.807) is 6.92 Å². The van der Waals surface area contributed by atoms with E-state index in [1.807, 2.05) is 6.92 Å². The number of thiol groups is 1. The van der Waals surface area contributed by atoms with Crippen molar-refractivity contribution >= 4 is 18.4 Å². The van der Waals surface area contributed by atoms with E-state index < -0.39 is 10.9 Å². The average Bonchev–Trinajstić information content (AvgIpc) is 2.00.